The Morgan fingerprint density at radius 2 is 1.94 bits per heavy atom. The van der Waals surface area contributed by atoms with Crippen molar-refractivity contribution in [3.05, 3.63) is 35.9 Å². The number of hydrogen-bond acceptors (Lipinski definition) is 3. The van der Waals surface area contributed by atoms with Crippen LogP contribution in [0, 0.1) is 0 Å². The van der Waals surface area contributed by atoms with Gasteiger partial charge < -0.3 is 10.1 Å². The molecule has 0 atom stereocenters. The van der Waals surface area contributed by atoms with Crippen molar-refractivity contribution in [1.82, 2.24) is 5.32 Å². The molecule has 0 aliphatic carbocycles. The number of halogens is 1. The van der Waals surface area contributed by atoms with Crippen LogP contribution in [0.4, 0.5) is 0 Å². The first-order valence-electron chi connectivity index (χ1n) is 5.74. The summed E-state index contributed by atoms with van der Waals surface area (Å²) in [6.45, 7) is 0.790. The van der Waals surface area contributed by atoms with Crippen molar-refractivity contribution in [3.63, 3.8) is 0 Å². The van der Waals surface area contributed by atoms with Crippen molar-refractivity contribution in [2.75, 3.05) is 11.9 Å². The second-order valence-electron chi connectivity index (χ2n) is 3.73. The summed E-state index contributed by atoms with van der Waals surface area (Å²) in [7, 11) is 0. The van der Waals surface area contributed by atoms with Gasteiger partial charge in [0.05, 0.1) is 5.33 Å². The molecular weight excluding hydrogens is 298 g/mol. The Balaban J connectivity index is 2.09. The van der Waals surface area contributed by atoms with Crippen LogP contribution >= 0.6 is 15.9 Å². The van der Waals surface area contributed by atoms with Gasteiger partial charge in [-0.15, -0.1) is 0 Å². The summed E-state index contributed by atoms with van der Waals surface area (Å²) >= 11 is 3.04. The minimum atomic E-state index is -0.244. The summed E-state index contributed by atoms with van der Waals surface area (Å²) in [6, 6.07) is 9.53. The van der Waals surface area contributed by atoms with E-state index in [2.05, 4.69) is 21.2 Å². The topological polar surface area (TPSA) is 55.4 Å². The maximum atomic E-state index is 11.4. The quantitative estimate of drug-likeness (QED) is 0.476. The summed E-state index contributed by atoms with van der Waals surface area (Å²) in [6.07, 6.45) is 0.905. The number of rotatable bonds is 7. The molecule has 1 aromatic carbocycles. The largest absolute Gasteiger partial charge is 0.461 e. The standard InChI is InChI=1S/C13H16BrNO3/c14-9-12(16)15-8-4-7-13(17)18-10-11-5-2-1-3-6-11/h1-3,5-6H,4,7-10H2,(H,15,16). The third-order valence-electron chi connectivity index (χ3n) is 2.24. The molecule has 1 rings (SSSR count). The lowest BCUT2D eigenvalue weighted by atomic mass is 10.2. The van der Waals surface area contributed by atoms with Crippen LogP contribution in [0.5, 0.6) is 0 Å². The van der Waals surface area contributed by atoms with Crippen LogP contribution in [0.3, 0.4) is 0 Å². The first-order valence-corrected chi connectivity index (χ1v) is 6.86. The highest BCUT2D eigenvalue weighted by Gasteiger charge is 2.04. The van der Waals surface area contributed by atoms with E-state index in [1.807, 2.05) is 30.3 Å². The van der Waals surface area contributed by atoms with Gasteiger partial charge in [-0.1, -0.05) is 46.3 Å². The molecule has 0 saturated carbocycles. The van der Waals surface area contributed by atoms with Crippen LogP contribution < -0.4 is 5.32 Å². The highest BCUT2D eigenvalue weighted by molar-refractivity contribution is 9.09. The first kappa shape index (κ1) is 14.7. The monoisotopic (exact) mass is 313 g/mol. The van der Waals surface area contributed by atoms with Crippen molar-refractivity contribution in [3.8, 4) is 0 Å². The Hall–Kier alpha value is -1.36. The number of hydrogen-bond donors (Lipinski definition) is 1. The Labute approximate surface area is 115 Å². The van der Waals surface area contributed by atoms with Gasteiger partial charge in [-0.2, -0.15) is 0 Å². The molecule has 0 heterocycles. The SMILES string of the molecule is O=C(CBr)NCCCC(=O)OCc1ccccc1. The summed E-state index contributed by atoms with van der Waals surface area (Å²) in [5.41, 5.74) is 0.971. The lowest BCUT2D eigenvalue weighted by Gasteiger charge is -2.05. The number of nitrogens with one attached hydrogen (secondary N) is 1. The Kier molecular flexibility index (Phi) is 7.10. The van der Waals surface area contributed by atoms with E-state index < -0.39 is 0 Å². The molecule has 98 valence electrons. The van der Waals surface area contributed by atoms with E-state index in [-0.39, 0.29) is 17.2 Å². The van der Waals surface area contributed by atoms with Gasteiger partial charge in [0.15, 0.2) is 0 Å². The van der Waals surface area contributed by atoms with Crippen LogP contribution in [0.1, 0.15) is 18.4 Å². The van der Waals surface area contributed by atoms with E-state index in [4.69, 9.17) is 4.74 Å². The maximum absolute atomic E-state index is 11.4. The molecule has 1 aromatic rings. The van der Waals surface area contributed by atoms with Gasteiger partial charge in [-0.25, -0.2) is 0 Å². The predicted octanol–water partition coefficient (Wildman–Crippen LogP) is 2.02. The Morgan fingerprint density at radius 1 is 1.22 bits per heavy atom. The molecule has 5 heteroatoms. The number of esters is 1. The molecule has 0 aliphatic rings. The number of carbonyl (C=O) groups excluding carboxylic acids is 2. The summed E-state index contributed by atoms with van der Waals surface area (Å²) in [5.74, 6) is -0.320. The Morgan fingerprint density at radius 3 is 2.61 bits per heavy atom. The second-order valence-corrected chi connectivity index (χ2v) is 4.29. The van der Waals surface area contributed by atoms with Gasteiger partial charge >= 0.3 is 5.97 Å². The molecule has 1 amide bonds. The zero-order chi connectivity index (χ0) is 13.2. The van der Waals surface area contributed by atoms with E-state index in [1.165, 1.54) is 0 Å². The fourth-order valence-corrected chi connectivity index (χ4v) is 1.52. The molecular formula is C13H16BrNO3. The van der Waals surface area contributed by atoms with E-state index >= 15 is 0 Å². The van der Waals surface area contributed by atoms with Gasteiger partial charge in [0.25, 0.3) is 0 Å². The minimum absolute atomic E-state index is 0.0762. The van der Waals surface area contributed by atoms with E-state index in [0.717, 1.165) is 5.56 Å². The van der Waals surface area contributed by atoms with Crippen molar-refractivity contribution >= 4 is 27.8 Å². The number of alkyl halides is 1. The predicted molar refractivity (Wildman–Crippen MR) is 72.3 cm³/mol. The van der Waals surface area contributed by atoms with Gasteiger partial charge in [0.1, 0.15) is 6.61 Å². The molecule has 0 aliphatic heterocycles. The van der Waals surface area contributed by atoms with Gasteiger partial charge in [0, 0.05) is 13.0 Å². The third kappa shape index (κ3) is 6.39. The first-order chi connectivity index (χ1) is 8.72. The van der Waals surface area contributed by atoms with Crippen LogP contribution in [0.25, 0.3) is 0 Å². The highest BCUT2D eigenvalue weighted by Crippen LogP contribution is 2.02. The van der Waals surface area contributed by atoms with Crippen LogP contribution in [0.2, 0.25) is 0 Å². The zero-order valence-corrected chi connectivity index (χ0v) is 11.6. The van der Waals surface area contributed by atoms with Crippen molar-refractivity contribution < 1.29 is 14.3 Å². The highest BCUT2D eigenvalue weighted by atomic mass is 79.9. The molecule has 0 spiro atoms. The number of benzene rings is 1. The van der Waals surface area contributed by atoms with Gasteiger partial charge in [-0.3, -0.25) is 9.59 Å². The number of amides is 1. The van der Waals surface area contributed by atoms with Crippen molar-refractivity contribution in [2.24, 2.45) is 0 Å². The third-order valence-corrected chi connectivity index (χ3v) is 2.75. The number of ether oxygens (including phenoxy) is 1. The fraction of sp³-hybridized carbons (Fsp3) is 0.385. The van der Waals surface area contributed by atoms with E-state index in [1.54, 1.807) is 0 Å². The molecule has 1 N–H and O–H groups in total. The van der Waals surface area contributed by atoms with Crippen LogP contribution in [-0.4, -0.2) is 23.8 Å². The number of carbonyl (C=O) groups is 2. The second kappa shape index (κ2) is 8.69. The van der Waals surface area contributed by atoms with Crippen molar-refractivity contribution in [1.29, 1.82) is 0 Å². The molecule has 4 nitrogen and oxygen atoms in total. The normalized spacial score (nSPS) is 9.83. The van der Waals surface area contributed by atoms with Gasteiger partial charge in [0.2, 0.25) is 5.91 Å². The molecule has 0 unspecified atom stereocenters. The van der Waals surface area contributed by atoms with Gasteiger partial charge in [-0.05, 0) is 12.0 Å². The fourth-order valence-electron chi connectivity index (χ4n) is 1.32. The minimum Gasteiger partial charge on any atom is -0.461 e. The lowest BCUT2D eigenvalue weighted by molar-refractivity contribution is -0.145. The molecule has 0 fully saturated rings. The van der Waals surface area contributed by atoms with E-state index in [0.29, 0.717) is 26.0 Å². The molecule has 0 saturated heterocycles. The smallest absolute Gasteiger partial charge is 0.306 e. The average Bonchev–Trinajstić information content (AvgIpc) is 2.42. The average molecular weight is 314 g/mol. The summed E-state index contributed by atoms with van der Waals surface area (Å²) < 4.78 is 5.10. The molecule has 0 aromatic heterocycles. The lowest BCUT2D eigenvalue weighted by Crippen LogP contribution is -2.25. The molecule has 0 radical (unpaired) electrons. The summed E-state index contributed by atoms with van der Waals surface area (Å²) in [5, 5.41) is 2.95. The van der Waals surface area contributed by atoms with Crippen LogP contribution in [-0.2, 0) is 20.9 Å². The molecule has 18 heavy (non-hydrogen) atoms. The van der Waals surface area contributed by atoms with Crippen molar-refractivity contribution in [2.45, 2.75) is 19.4 Å². The Bertz CT molecular complexity index is 381. The summed E-state index contributed by atoms with van der Waals surface area (Å²) in [4.78, 5) is 22.3. The van der Waals surface area contributed by atoms with E-state index in [9.17, 15) is 9.59 Å². The zero-order valence-electron chi connectivity index (χ0n) is 10.0. The maximum Gasteiger partial charge on any atom is 0.306 e. The van der Waals surface area contributed by atoms with Crippen LogP contribution in [0.15, 0.2) is 30.3 Å². The molecule has 0 bridgehead atoms.